The van der Waals surface area contributed by atoms with E-state index in [2.05, 4.69) is 10.2 Å². The lowest BCUT2D eigenvalue weighted by Crippen LogP contribution is -2.00. The molecule has 0 atom stereocenters. The molecule has 0 saturated carbocycles. The van der Waals surface area contributed by atoms with Gasteiger partial charge in [0.1, 0.15) is 5.69 Å². The van der Waals surface area contributed by atoms with E-state index in [0.717, 1.165) is 21.8 Å². The Labute approximate surface area is 121 Å². The highest BCUT2D eigenvalue weighted by molar-refractivity contribution is 6.30. The van der Waals surface area contributed by atoms with E-state index in [0.29, 0.717) is 12.2 Å². The number of aryl methyl sites for hydroxylation is 1. The second-order valence-electron chi connectivity index (χ2n) is 4.66. The number of nitrogen functional groups attached to an aromatic ring is 1. The number of rotatable bonds is 3. The highest BCUT2D eigenvalue weighted by Crippen LogP contribution is 2.23. The van der Waals surface area contributed by atoms with E-state index in [1.807, 2.05) is 48.4 Å². The Morgan fingerprint density at radius 3 is 2.60 bits per heavy atom. The summed E-state index contributed by atoms with van der Waals surface area (Å²) in [6, 6.07) is 7.69. The van der Waals surface area contributed by atoms with Crippen LogP contribution in [0.5, 0.6) is 0 Å². The first-order chi connectivity index (χ1) is 9.61. The van der Waals surface area contributed by atoms with Crippen LogP contribution in [-0.4, -0.2) is 19.6 Å². The fourth-order valence-corrected chi connectivity index (χ4v) is 2.19. The third kappa shape index (κ3) is 2.53. The van der Waals surface area contributed by atoms with Crippen molar-refractivity contribution in [2.45, 2.75) is 6.54 Å². The Balaban J connectivity index is 1.87. The topological polar surface area (TPSA) is 61.7 Å². The molecule has 3 rings (SSSR count). The van der Waals surface area contributed by atoms with Gasteiger partial charge in [-0.05, 0) is 17.7 Å². The van der Waals surface area contributed by atoms with Gasteiger partial charge in [-0.2, -0.15) is 10.2 Å². The van der Waals surface area contributed by atoms with Crippen molar-refractivity contribution in [2.24, 2.45) is 7.05 Å². The minimum Gasteiger partial charge on any atom is -0.396 e. The molecule has 5 nitrogen and oxygen atoms in total. The van der Waals surface area contributed by atoms with Crippen LogP contribution < -0.4 is 5.73 Å². The first kappa shape index (κ1) is 12.7. The van der Waals surface area contributed by atoms with Crippen LogP contribution >= 0.6 is 11.6 Å². The van der Waals surface area contributed by atoms with Gasteiger partial charge in [0.15, 0.2) is 0 Å². The van der Waals surface area contributed by atoms with Gasteiger partial charge in [-0.3, -0.25) is 9.36 Å². The number of aromatic nitrogens is 4. The summed E-state index contributed by atoms with van der Waals surface area (Å²) in [4.78, 5) is 0. The van der Waals surface area contributed by atoms with Crippen LogP contribution in [0.1, 0.15) is 5.56 Å². The van der Waals surface area contributed by atoms with E-state index >= 15 is 0 Å². The zero-order valence-corrected chi connectivity index (χ0v) is 11.7. The smallest absolute Gasteiger partial charge is 0.118 e. The van der Waals surface area contributed by atoms with E-state index in [1.54, 1.807) is 10.9 Å². The Morgan fingerprint density at radius 1 is 1.20 bits per heavy atom. The number of benzene rings is 1. The predicted molar refractivity (Wildman–Crippen MR) is 79.4 cm³/mol. The average Bonchev–Trinajstić information content (AvgIpc) is 2.98. The second-order valence-corrected chi connectivity index (χ2v) is 5.10. The molecule has 0 spiro atoms. The molecular formula is C14H14ClN5. The molecular weight excluding hydrogens is 274 g/mol. The maximum absolute atomic E-state index is 6.02. The summed E-state index contributed by atoms with van der Waals surface area (Å²) in [5.41, 5.74) is 9.46. The normalized spacial score (nSPS) is 10.9. The van der Waals surface area contributed by atoms with Gasteiger partial charge < -0.3 is 5.73 Å². The molecule has 0 aliphatic carbocycles. The van der Waals surface area contributed by atoms with Crippen molar-refractivity contribution in [3.05, 3.63) is 53.4 Å². The third-order valence-electron chi connectivity index (χ3n) is 3.03. The van der Waals surface area contributed by atoms with Gasteiger partial charge in [0.25, 0.3) is 0 Å². The third-order valence-corrected chi connectivity index (χ3v) is 3.28. The predicted octanol–water partition coefficient (Wildman–Crippen LogP) is 2.57. The lowest BCUT2D eigenvalue weighted by molar-refractivity contribution is 0.689. The first-order valence-electron chi connectivity index (χ1n) is 6.18. The number of hydrogen-bond donors (Lipinski definition) is 1. The monoisotopic (exact) mass is 287 g/mol. The zero-order valence-electron chi connectivity index (χ0n) is 11.0. The minimum atomic E-state index is 0.645. The molecule has 0 bridgehead atoms. The first-order valence-corrected chi connectivity index (χ1v) is 6.56. The molecule has 0 fully saturated rings. The second kappa shape index (κ2) is 5.02. The molecule has 102 valence electrons. The summed E-state index contributed by atoms with van der Waals surface area (Å²) in [5.74, 6) is 0. The molecule has 3 aromatic rings. The van der Waals surface area contributed by atoms with Crippen molar-refractivity contribution >= 4 is 17.3 Å². The molecule has 0 saturated heterocycles. The standard InChI is InChI=1S/C14H14ClN5/c1-19-8-11(6-17-19)14-13(16)9-20(18-14)7-10-2-4-12(15)5-3-10/h2-6,8-9H,7,16H2,1H3. The van der Waals surface area contributed by atoms with Gasteiger partial charge in [0.05, 0.1) is 18.4 Å². The van der Waals surface area contributed by atoms with Crippen molar-refractivity contribution in [2.75, 3.05) is 5.73 Å². The van der Waals surface area contributed by atoms with E-state index < -0.39 is 0 Å². The van der Waals surface area contributed by atoms with Crippen LogP contribution in [-0.2, 0) is 13.6 Å². The van der Waals surface area contributed by atoms with Crippen LogP contribution in [0.4, 0.5) is 5.69 Å². The molecule has 0 aliphatic heterocycles. The van der Waals surface area contributed by atoms with E-state index in [4.69, 9.17) is 17.3 Å². The van der Waals surface area contributed by atoms with Crippen LogP contribution in [0.25, 0.3) is 11.3 Å². The number of nitrogens with two attached hydrogens (primary N) is 1. The Morgan fingerprint density at radius 2 is 1.95 bits per heavy atom. The molecule has 2 aromatic heterocycles. The highest BCUT2D eigenvalue weighted by atomic mass is 35.5. The summed E-state index contributed by atoms with van der Waals surface area (Å²) < 4.78 is 3.55. The lowest BCUT2D eigenvalue weighted by atomic mass is 10.2. The Bertz CT molecular complexity index is 726. The molecule has 0 unspecified atom stereocenters. The van der Waals surface area contributed by atoms with Crippen LogP contribution in [0, 0.1) is 0 Å². The molecule has 1 aromatic carbocycles. The molecule has 0 radical (unpaired) electrons. The molecule has 2 N–H and O–H groups in total. The van der Waals surface area contributed by atoms with E-state index in [9.17, 15) is 0 Å². The van der Waals surface area contributed by atoms with Crippen molar-refractivity contribution in [1.82, 2.24) is 19.6 Å². The van der Waals surface area contributed by atoms with Crippen LogP contribution in [0.3, 0.4) is 0 Å². The van der Waals surface area contributed by atoms with E-state index in [-0.39, 0.29) is 0 Å². The summed E-state index contributed by atoms with van der Waals surface area (Å²) in [6.45, 7) is 0.654. The summed E-state index contributed by atoms with van der Waals surface area (Å²) in [7, 11) is 1.87. The van der Waals surface area contributed by atoms with Gasteiger partial charge in [-0.25, -0.2) is 0 Å². The highest BCUT2D eigenvalue weighted by Gasteiger charge is 2.10. The molecule has 6 heteroatoms. The molecule has 0 amide bonds. The van der Waals surface area contributed by atoms with Crippen LogP contribution in [0.2, 0.25) is 5.02 Å². The fourth-order valence-electron chi connectivity index (χ4n) is 2.06. The van der Waals surface area contributed by atoms with Crippen molar-refractivity contribution < 1.29 is 0 Å². The van der Waals surface area contributed by atoms with E-state index in [1.165, 1.54) is 0 Å². The van der Waals surface area contributed by atoms with Crippen molar-refractivity contribution in [3.63, 3.8) is 0 Å². The maximum atomic E-state index is 6.02. The van der Waals surface area contributed by atoms with Crippen molar-refractivity contribution in [1.29, 1.82) is 0 Å². The van der Waals surface area contributed by atoms with Gasteiger partial charge in [0, 0.05) is 30.0 Å². The number of nitrogens with zero attached hydrogens (tertiary/aromatic N) is 4. The van der Waals surface area contributed by atoms with Crippen LogP contribution in [0.15, 0.2) is 42.9 Å². The summed E-state index contributed by atoms with van der Waals surface area (Å²) in [5, 5.41) is 9.38. The fraction of sp³-hybridized carbons (Fsp3) is 0.143. The lowest BCUT2D eigenvalue weighted by Gasteiger charge is -2.01. The Kier molecular flexibility index (Phi) is 3.20. The average molecular weight is 288 g/mol. The quantitative estimate of drug-likeness (QED) is 0.805. The van der Waals surface area contributed by atoms with Crippen molar-refractivity contribution in [3.8, 4) is 11.3 Å². The maximum Gasteiger partial charge on any atom is 0.118 e. The van der Waals surface area contributed by atoms with Gasteiger partial charge in [-0.15, -0.1) is 0 Å². The van der Waals surface area contributed by atoms with Gasteiger partial charge in [-0.1, -0.05) is 23.7 Å². The summed E-state index contributed by atoms with van der Waals surface area (Å²) >= 11 is 5.87. The number of hydrogen-bond acceptors (Lipinski definition) is 3. The summed E-state index contributed by atoms with van der Waals surface area (Å²) in [6.07, 6.45) is 5.48. The van der Waals surface area contributed by atoms with Gasteiger partial charge in [0.2, 0.25) is 0 Å². The largest absolute Gasteiger partial charge is 0.396 e. The number of anilines is 1. The molecule has 2 heterocycles. The van der Waals surface area contributed by atoms with Gasteiger partial charge >= 0.3 is 0 Å². The Hall–Kier alpha value is -2.27. The number of halogens is 1. The molecule has 20 heavy (non-hydrogen) atoms. The zero-order chi connectivity index (χ0) is 14.1. The minimum absolute atomic E-state index is 0.645. The molecule has 0 aliphatic rings. The SMILES string of the molecule is Cn1cc(-c2nn(Cc3ccc(Cl)cc3)cc2N)cn1.